The molecule has 0 radical (unpaired) electrons. The lowest BCUT2D eigenvalue weighted by molar-refractivity contribution is 1.30. The lowest BCUT2D eigenvalue weighted by atomic mass is 9.98. The molecule has 0 spiro atoms. The van der Waals surface area contributed by atoms with Crippen LogP contribution >= 0.6 is 0 Å². The molecule has 6 aromatic carbocycles. The van der Waals surface area contributed by atoms with Crippen molar-refractivity contribution in [1.29, 1.82) is 0 Å². The van der Waals surface area contributed by atoms with Gasteiger partial charge in [0.15, 0.2) is 21.7 Å². The first-order chi connectivity index (χ1) is 22.5. The van der Waals surface area contributed by atoms with E-state index in [2.05, 4.69) is 0 Å². The zero-order valence-electron chi connectivity index (χ0n) is 24.1. The minimum Gasteiger partial charge on any atom is -0.307 e. The van der Waals surface area contributed by atoms with Gasteiger partial charge in [-0.3, -0.25) is 19.2 Å². The van der Waals surface area contributed by atoms with Crippen LogP contribution in [0, 0.1) is 0 Å². The second kappa shape index (κ2) is 8.61. The van der Waals surface area contributed by atoms with Crippen molar-refractivity contribution in [3.63, 3.8) is 0 Å². The fourth-order valence-corrected chi connectivity index (χ4v) is 7.52. The van der Waals surface area contributed by atoms with E-state index in [9.17, 15) is 19.2 Å². The molecular weight excluding hydrogens is 572 g/mol. The summed E-state index contributed by atoms with van der Waals surface area (Å²) in [5.41, 5.74) is 5.29. The van der Waals surface area contributed by atoms with E-state index in [4.69, 9.17) is 0 Å². The third kappa shape index (κ3) is 3.00. The molecule has 0 aliphatic rings. The standard InChI is InChI=1S/C40H20N2O4/c43-37-23-7-1-3-13-31(23)41-33-19-21(15-17-25(33)39(45)29-11-5-9-27(37)35(29)41)22-16-18-26-34(20-22)42-32-14-4-2-8-24(32)38(44)28-10-6-12-30(36(28)42)40(26)46/h1-20H. The molecule has 0 aliphatic heterocycles. The zero-order valence-corrected chi connectivity index (χ0v) is 24.1. The summed E-state index contributed by atoms with van der Waals surface area (Å²) in [5, 5.41) is 4.26. The van der Waals surface area contributed by atoms with Gasteiger partial charge in [-0.1, -0.05) is 48.5 Å². The highest BCUT2D eigenvalue weighted by Crippen LogP contribution is 2.32. The molecule has 0 saturated heterocycles. The highest BCUT2D eigenvalue weighted by Gasteiger charge is 2.19. The van der Waals surface area contributed by atoms with Crippen LogP contribution in [0.15, 0.2) is 141 Å². The Labute approximate surface area is 257 Å². The van der Waals surface area contributed by atoms with Gasteiger partial charge in [-0.15, -0.1) is 0 Å². The molecule has 10 rings (SSSR count). The molecule has 214 valence electrons. The molecule has 46 heavy (non-hydrogen) atoms. The lowest BCUT2D eigenvalue weighted by Crippen LogP contribution is -2.14. The minimum absolute atomic E-state index is 0.101. The Morgan fingerprint density at radius 3 is 1.02 bits per heavy atom. The summed E-state index contributed by atoms with van der Waals surface area (Å²) in [6.45, 7) is 0. The first kappa shape index (κ1) is 25.0. The summed E-state index contributed by atoms with van der Waals surface area (Å²) in [6, 6.07) is 37.1. The maximum absolute atomic E-state index is 13.8. The Balaban J connectivity index is 1.37. The van der Waals surface area contributed by atoms with Crippen LogP contribution in [0.1, 0.15) is 0 Å². The number of hydrogen-bond donors (Lipinski definition) is 0. The molecule has 0 bridgehead atoms. The number of nitrogens with zero attached hydrogens (tertiary/aromatic N) is 2. The van der Waals surface area contributed by atoms with Crippen LogP contribution in [0.4, 0.5) is 0 Å². The molecule has 0 N–H and O–H groups in total. The molecule has 0 unspecified atom stereocenters. The van der Waals surface area contributed by atoms with Crippen LogP contribution in [0.3, 0.4) is 0 Å². The van der Waals surface area contributed by atoms with Gasteiger partial charge in [0, 0.05) is 43.1 Å². The van der Waals surface area contributed by atoms with E-state index in [1.54, 1.807) is 36.4 Å². The molecular formula is C40H20N2O4. The summed E-state index contributed by atoms with van der Waals surface area (Å²) < 4.78 is 4.05. The third-order valence-electron chi connectivity index (χ3n) is 9.58. The average molecular weight is 593 g/mol. The van der Waals surface area contributed by atoms with Gasteiger partial charge in [-0.05, 0) is 83.9 Å². The van der Waals surface area contributed by atoms with E-state index in [-0.39, 0.29) is 21.7 Å². The number of para-hydroxylation sites is 4. The second-order valence-electron chi connectivity index (χ2n) is 11.9. The van der Waals surface area contributed by atoms with Crippen molar-refractivity contribution < 1.29 is 0 Å². The normalized spacial score (nSPS) is 12.3. The predicted octanol–water partition coefficient (Wildman–Crippen LogP) is 7.09. The zero-order chi connectivity index (χ0) is 30.8. The first-order valence-electron chi connectivity index (χ1n) is 15.0. The van der Waals surface area contributed by atoms with E-state index in [0.29, 0.717) is 65.2 Å². The van der Waals surface area contributed by atoms with Crippen molar-refractivity contribution in [3.05, 3.63) is 162 Å². The SMILES string of the molecule is O=c1c2ccccc2n2c3cc(-c4ccc5c(=O)c6cccc7c(=O)c8ccccc8n(c5c4)c76)ccc3c(=O)c3cccc1c32. The molecule has 0 fully saturated rings. The molecule has 0 amide bonds. The van der Waals surface area contributed by atoms with Crippen LogP contribution < -0.4 is 21.7 Å². The highest BCUT2D eigenvalue weighted by atomic mass is 16.1. The summed E-state index contributed by atoms with van der Waals surface area (Å²) in [4.78, 5) is 54.6. The van der Waals surface area contributed by atoms with Gasteiger partial charge in [0.1, 0.15) is 0 Å². The lowest BCUT2D eigenvalue weighted by Gasteiger charge is -2.16. The summed E-state index contributed by atoms with van der Waals surface area (Å²) in [5.74, 6) is 0. The van der Waals surface area contributed by atoms with Crippen LogP contribution in [-0.2, 0) is 0 Å². The van der Waals surface area contributed by atoms with Gasteiger partial charge >= 0.3 is 0 Å². The number of aromatic nitrogens is 2. The number of hydrogen-bond acceptors (Lipinski definition) is 4. The van der Waals surface area contributed by atoms with E-state index >= 15 is 0 Å². The van der Waals surface area contributed by atoms with Crippen molar-refractivity contribution >= 4 is 76.2 Å². The van der Waals surface area contributed by atoms with Crippen molar-refractivity contribution in [2.24, 2.45) is 0 Å². The van der Waals surface area contributed by atoms with E-state index in [1.807, 2.05) is 93.7 Å². The maximum Gasteiger partial charge on any atom is 0.197 e. The molecule has 10 aromatic rings. The molecule has 0 atom stereocenters. The Bertz CT molecular complexity index is 2980. The van der Waals surface area contributed by atoms with Crippen LogP contribution in [0.25, 0.3) is 87.3 Å². The quantitative estimate of drug-likeness (QED) is 0.151. The minimum atomic E-state index is -0.128. The fraction of sp³-hybridized carbons (Fsp3) is 0. The second-order valence-corrected chi connectivity index (χ2v) is 11.9. The molecule has 0 aliphatic carbocycles. The monoisotopic (exact) mass is 592 g/mol. The Hall–Kier alpha value is -6.40. The summed E-state index contributed by atoms with van der Waals surface area (Å²) in [7, 11) is 0. The molecule has 0 saturated carbocycles. The fourth-order valence-electron chi connectivity index (χ4n) is 7.52. The van der Waals surface area contributed by atoms with Crippen molar-refractivity contribution in [2.45, 2.75) is 0 Å². The van der Waals surface area contributed by atoms with Gasteiger partial charge in [-0.25, -0.2) is 0 Å². The number of rotatable bonds is 1. The number of pyridine rings is 4. The van der Waals surface area contributed by atoms with E-state index < -0.39 is 0 Å². The molecule has 4 aromatic heterocycles. The number of benzene rings is 6. The molecule has 6 heteroatoms. The number of fused-ring (bicyclic) bond motifs is 8. The molecule has 4 heterocycles. The Kier molecular flexibility index (Phi) is 4.68. The average Bonchev–Trinajstić information content (AvgIpc) is 3.10. The van der Waals surface area contributed by atoms with Crippen LogP contribution in [0.2, 0.25) is 0 Å². The van der Waals surface area contributed by atoms with E-state index in [0.717, 1.165) is 22.2 Å². The van der Waals surface area contributed by atoms with Crippen LogP contribution in [-0.4, -0.2) is 8.80 Å². The largest absolute Gasteiger partial charge is 0.307 e. The van der Waals surface area contributed by atoms with Gasteiger partial charge in [0.2, 0.25) is 0 Å². The van der Waals surface area contributed by atoms with Crippen LogP contribution in [0.5, 0.6) is 0 Å². The van der Waals surface area contributed by atoms with Crippen molar-refractivity contribution in [2.75, 3.05) is 0 Å². The Morgan fingerprint density at radius 1 is 0.304 bits per heavy atom. The Morgan fingerprint density at radius 2 is 0.630 bits per heavy atom. The summed E-state index contributed by atoms with van der Waals surface area (Å²) in [6.07, 6.45) is 0. The smallest absolute Gasteiger partial charge is 0.197 e. The van der Waals surface area contributed by atoms with Gasteiger partial charge in [0.25, 0.3) is 0 Å². The van der Waals surface area contributed by atoms with Crippen molar-refractivity contribution in [3.8, 4) is 11.1 Å². The van der Waals surface area contributed by atoms with Gasteiger partial charge < -0.3 is 8.80 Å². The van der Waals surface area contributed by atoms with Crippen molar-refractivity contribution in [1.82, 2.24) is 8.80 Å². The first-order valence-corrected chi connectivity index (χ1v) is 15.0. The van der Waals surface area contributed by atoms with Gasteiger partial charge in [0.05, 0.1) is 33.1 Å². The predicted molar refractivity (Wildman–Crippen MR) is 186 cm³/mol. The third-order valence-corrected chi connectivity index (χ3v) is 9.58. The summed E-state index contributed by atoms with van der Waals surface area (Å²) >= 11 is 0. The van der Waals surface area contributed by atoms with Gasteiger partial charge in [-0.2, -0.15) is 0 Å². The highest BCUT2D eigenvalue weighted by molar-refractivity contribution is 6.10. The van der Waals surface area contributed by atoms with E-state index in [1.165, 1.54) is 0 Å². The topological polar surface area (TPSA) is 77.1 Å². The maximum atomic E-state index is 13.8. The molecule has 6 nitrogen and oxygen atoms in total.